The second-order valence-corrected chi connectivity index (χ2v) is 7.08. The largest absolute Gasteiger partial charge is 0.311 e. The van der Waals surface area contributed by atoms with Gasteiger partial charge in [-0.05, 0) is 56.3 Å². The number of hydrogen-bond acceptors (Lipinski definition) is 1. The molecule has 1 N–H and O–H groups in total. The van der Waals surface area contributed by atoms with Crippen LogP contribution in [0.5, 0.6) is 0 Å². The van der Waals surface area contributed by atoms with Gasteiger partial charge < -0.3 is 5.32 Å². The predicted octanol–water partition coefficient (Wildman–Crippen LogP) is 4.62. The molecule has 1 rings (SSSR count). The summed E-state index contributed by atoms with van der Waals surface area (Å²) in [5, 5.41) is 3.94. The molecule has 102 valence electrons. The maximum atomic E-state index is 3.94. The zero-order valence-electron chi connectivity index (χ0n) is 12.6. The van der Waals surface area contributed by atoms with Gasteiger partial charge in [0.25, 0.3) is 0 Å². The summed E-state index contributed by atoms with van der Waals surface area (Å²) < 4.78 is 0. The van der Waals surface area contributed by atoms with Gasteiger partial charge in [-0.25, -0.2) is 0 Å². The SMILES string of the molecule is CC(C)CC(CC(C)C)NC1CCC(C)CC1. The van der Waals surface area contributed by atoms with Crippen molar-refractivity contribution in [2.75, 3.05) is 0 Å². The first-order valence-corrected chi connectivity index (χ1v) is 7.73. The minimum Gasteiger partial charge on any atom is -0.311 e. The van der Waals surface area contributed by atoms with Crippen molar-refractivity contribution in [1.29, 1.82) is 0 Å². The number of rotatable bonds is 6. The summed E-state index contributed by atoms with van der Waals surface area (Å²) in [5.41, 5.74) is 0. The Morgan fingerprint density at radius 2 is 1.35 bits per heavy atom. The summed E-state index contributed by atoms with van der Waals surface area (Å²) >= 11 is 0. The van der Waals surface area contributed by atoms with Crippen LogP contribution in [0, 0.1) is 17.8 Å². The molecule has 0 amide bonds. The monoisotopic (exact) mass is 239 g/mol. The fourth-order valence-corrected chi connectivity index (χ4v) is 3.13. The lowest BCUT2D eigenvalue weighted by Crippen LogP contribution is -2.41. The molecule has 0 bridgehead atoms. The third-order valence-electron chi connectivity index (χ3n) is 4.00. The van der Waals surface area contributed by atoms with E-state index in [0.29, 0.717) is 0 Å². The minimum absolute atomic E-state index is 0.744. The second-order valence-electron chi connectivity index (χ2n) is 7.08. The normalized spacial score (nSPS) is 26.1. The Hall–Kier alpha value is -0.0400. The van der Waals surface area contributed by atoms with E-state index in [0.717, 1.165) is 29.8 Å². The van der Waals surface area contributed by atoms with Gasteiger partial charge in [-0.15, -0.1) is 0 Å². The van der Waals surface area contributed by atoms with E-state index in [9.17, 15) is 0 Å². The van der Waals surface area contributed by atoms with Crippen LogP contribution in [-0.2, 0) is 0 Å². The Labute approximate surface area is 109 Å². The highest BCUT2D eigenvalue weighted by molar-refractivity contribution is 4.80. The average molecular weight is 239 g/mol. The van der Waals surface area contributed by atoms with Gasteiger partial charge in [0.15, 0.2) is 0 Å². The lowest BCUT2D eigenvalue weighted by atomic mass is 9.86. The first-order valence-electron chi connectivity index (χ1n) is 7.73. The summed E-state index contributed by atoms with van der Waals surface area (Å²) in [6, 6.07) is 1.54. The second kappa shape index (κ2) is 7.41. The molecule has 0 aliphatic heterocycles. The van der Waals surface area contributed by atoms with Gasteiger partial charge in [-0.2, -0.15) is 0 Å². The Bertz CT molecular complexity index is 180. The van der Waals surface area contributed by atoms with Crippen LogP contribution < -0.4 is 5.32 Å². The van der Waals surface area contributed by atoms with E-state index in [2.05, 4.69) is 39.9 Å². The van der Waals surface area contributed by atoms with Gasteiger partial charge in [0.1, 0.15) is 0 Å². The molecule has 1 aliphatic rings. The van der Waals surface area contributed by atoms with E-state index >= 15 is 0 Å². The molecule has 1 heteroatoms. The molecule has 0 aromatic heterocycles. The molecular weight excluding hydrogens is 206 g/mol. The molecule has 0 saturated heterocycles. The highest BCUT2D eigenvalue weighted by Gasteiger charge is 2.21. The summed E-state index contributed by atoms with van der Waals surface area (Å²) in [5.74, 6) is 2.59. The van der Waals surface area contributed by atoms with E-state index in [1.54, 1.807) is 0 Å². The lowest BCUT2D eigenvalue weighted by Gasteiger charge is -2.32. The molecule has 0 aromatic carbocycles. The van der Waals surface area contributed by atoms with Crippen molar-refractivity contribution in [3.05, 3.63) is 0 Å². The van der Waals surface area contributed by atoms with E-state index in [4.69, 9.17) is 0 Å². The average Bonchev–Trinajstić information content (AvgIpc) is 2.19. The van der Waals surface area contributed by atoms with Crippen molar-refractivity contribution in [2.24, 2.45) is 17.8 Å². The number of nitrogens with one attached hydrogen (secondary N) is 1. The molecule has 0 unspecified atom stereocenters. The topological polar surface area (TPSA) is 12.0 Å². The van der Waals surface area contributed by atoms with E-state index < -0.39 is 0 Å². The molecule has 0 radical (unpaired) electrons. The third kappa shape index (κ3) is 6.45. The standard InChI is InChI=1S/C16H33N/c1-12(2)10-16(11-13(3)4)17-15-8-6-14(5)7-9-15/h12-17H,6-11H2,1-5H3. The molecule has 1 nitrogen and oxygen atoms in total. The summed E-state index contributed by atoms with van der Waals surface area (Å²) in [4.78, 5) is 0. The lowest BCUT2D eigenvalue weighted by molar-refractivity contribution is 0.256. The Morgan fingerprint density at radius 3 is 1.76 bits per heavy atom. The fourth-order valence-electron chi connectivity index (χ4n) is 3.13. The quantitative estimate of drug-likeness (QED) is 0.713. The first-order chi connectivity index (χ1) is 7.97. The third-order valence-corrected chi connectivity index (χ3v) is 4.00. The van der Waals surface area contributed by atoms with Crippen molar-refractivity contribution >= 4 is 0 Å². The summed E-state index contributed by atoms with van der Waals surface area (Å²) in [7, 11) is 0. The molecule has 1 saturated carbocycles. The molecule has 0 atom stereocenters. The van der Waals surface area contributed by atoms with Crippen molar-refractivity contribution in [2.45, 2.75) is 85.2 Å². The highest BCUT2D eigenvalue weighted by atomic mass is 15.0. The van der Waals surface area contributed by atoms with E-state index in [1.165, 1.54) is 38.5 Å². The van der Waals surface area contributed by atoms with Gasteiger partial charge in [-0.1, -0.05) is 34.6 Å². The van der Waals surface area contributed by atoms with Crippen LogP contribution in [-0.4, -0.2) is 12.1 Å². The molecule has 17 heavy (non-hydrogen) atoms. The van der Waals surface area contributed by atoms with Crippen molar-refractivity contribution in [3.8, 4) is 0 Å². The Kier molecular flexibility index (Phi) is 6.54. The number of hydrogen-bond donors (Lipinski definition) is 1. The molecule has 0 aromatic rings. The van der Waals surface area contributed by atoms with Crippen LogP contribution in [0.2, 0.25) is 0 Å². The zero-order chi connectivity index (χ0) is 12.8. The first kappa shape index (κ1) is 15.0. The van der Waals surface area contributed by atoms with Crippen molar-refractivity contribution in [3.63, 3.8) is 0 Å². The summed E-state index contributed by atoms with van der Waals surface area (Å²) in [6.07, 6.45) is 8.32. The van der Waals surface area contributed by atoms with Crippen LogP contribution in [0.4, 0.5) is 0 Å². The van der Waals surface area contributed by atoms with Gasteiger partial charge in [0, 0.05) is 12.1 Å². The fraction of sp³-hybridized carbons (Fsp3) is 1.00. The van der Waals surface area contributed by atoms with Crippen LogP contribution in [0.15, 0.2) is 0 Å². The van der Waals surface area contributed by atoms with Crippen LogP contribution in [0.1, 0.15) is 73.1 Å². The molecule has 0 spiro atoms. The minimum atomic E-state index is 0.744. The van der Waals surface area contributed by atoms with Gasteiger partial charge in [0.05, 0.1) is 0 Å². The smallest absolute Gasteiger partial charge is 0.00745 e. The zero-order valence-corrected chi connectivity index (χ0v) is 12.6. The Balaban J connectivity index is 2.36. The van der Waals surface area contributed by atoms with E-state index in [1.807, 2.05) is 0 Å². The van der Waals surface area contributed by atoms with Gasteiger partial charge >= 0.3 is 0 Å². The maximum Gasteiger partial charge on any atom is 0.00745 e. The Morgan fingerprint density at radius 1 is 0.882 bits per heavy atom. The van der Waals surface area contributed by atoms with Crippen LogP contribution in [0.25, 0.3) is 0 Å². The van der Waals surface area contributed by atoms with Crippen LogP contribution >= 0.6 is 0 Å². The molecule has 0 heterocycles. The molecule has 1 fully saturated rings. The molecule has 1 aliphatic carbocycles. The molecular formula is C16H33N. The van der Waals surface area contributed by atoms with E-state index in [-0.39, 0.29) is 0 Å². The predicted molar refractivity (Wildman–Crippen MR) is 77.3 cm³/mol. The highest BCUT2D eigenvalue weighted by Crippen LogP contribution is 2.25. The van der Waals surface area contributed by atoms with Crippen molar-refractivity contribution in [1.82, 2.24) is 5.32 Å². The van der Waals surface area contributed by atoms with Gasteiger partial charge in [-0.3, -0.25) is 0 Å². The van der Waals surface area contributed by atoms with Crippen molar-refractivity contribution < 1.29 is 0 Å². The maximum absolute atomic E-state index is 3.94. The summed E-state index contributed by atoms with van der Waals surface area (Å²) in [6.45, 7) is 11.8. The van der Waals surface area contributed by atoms with Crippen LogP contribution in [0.3, 0.4) is 0 Å². The van der Waals surface area contributed by atoms with Gasteiger partial charge in [0.2, 0.25) is 0 Å².